The van der Waals surface area contributed by atoms with Crippen molar-refractivity contribution in [2.24, 2.45) is 5.10 Å². The van der Waals surface area contributed by atoms with Crippen LogP contribution in [0.4, 0.5) is 5.69 Å². The highest BCUT2D eigenvalue weighted by molar-refractivity contribution is 5.83. The van der Waals surface area contributed by atoms with Gasteiger partial charge in [0.25, 0.3) is 5.56 Å². The molecule has 5 rings (SSSR count). The van der Waals surface area contributed by atoms with Gasteiger partial charge in [0.15, 0.2) is 5.75 Å². The smallest absolute Gasteiger partial charge is 0.315 e. The molecule has 9 heteroatoms. The highest BCUT2D eigenvalue weighted by Gasteiger charge is 2.24. The van der Waals surface area contributed by atoms with Crippen LogP contribution in [0.5, 0.6) is 11.5 Å². The van der Waals surface area contributed by atoms with Gasteiger partial charge in [-0.05, 0) is 43.5 Å². The van der Waals surface area contributed by atoms with Crippen molar-refractivity contribution in [3.8, 4) is 11.5 Å². The molecule has 0 saturated heterocycles. The van der Waals surface area contributed by atoms with Gasteiger partial charge in [-0.3, -0.25) is 14.9 Å². The molecule has 1 saturated carbocycles. The van der Waals surface area contributed by atoms with Gasteiger partial charge in [0.1, 0.15) is 12.4 Å². The van der Waals surface area contributed by atoms with Gasteiger partial charge in [0.2, 0.25) is 5.75 Å². The molecule has 0 N–H and O–H groups in total. The molecule has 0 atom stereocenters. The van der Waals surface area contributed by atoms with Gasteiger partial charge in [0.05, 0.1) is 28.6 Å². The molecule has 0 amide bonds. The molecule has 4 aromatic rings. The molecule has 0 bridgehead atoms. The minimum atomic E-state index is -0.503. The van der Waals surface area contributed by atoms with Crippen molar-refractivity contribution in [1.82, 2.24) is 9.66 Å². The lowest BCUT2D eigenvalue weighted by Gasteiger charge is -2.22. The molecule has 3 aromatic carbocycles. The molecule has 0 unspecified atom stereocenters. The third-order valence-electron chi connectivity index (χ3n) is 6.85. The number of aromatic nitrogens is 2. The number of nitro benzene ring substituents is 1. The van der Waals surface area contributed by atoms with E-state index < -0.39 is 4.92 Å². The van der Waals surface area contributed by atoms with Crippen LogP contribution in [-0.2, 0) is 6.61 Å². The standard InChI is InChI=1S/C30H30N4O5/c1-2-38-27-18-22(17-26(34(36)37)28(27)39-20-21-11-5-3-6-12-21)19-31-33-29(23-13-7-4-8-14-23)32-25-16-10-9-15-24(25)30(33)35/h3,5-6,9-12,15-19,23H,2,4,7-8,13-14,20H2,1H3. The molecule has 1 aliphatic rings. The maximum absolute atomic E-state index is 13.5. The molecule has 0 radical (unpaired) electrons. The number of para-hydroxylation sites is 1. The second-order valence-corrected chi connectivity index (χ2v) is 9.52. The molecule has 1 fully saturated rings. The highest BCUT2D eigenvalue weighted by atomic mass is 16.6. The minimum Gasteiger partial charge on any atom is -0.490 e. The summed E-state index contributed by atoms with van der Waals surface area (Å²) in [4.78, 5) is 29.9. The summed E-state index contributed by atoms with van der Waals surface area (Å²) in [5.41, 5.74) is 1.42. The van der Waals surface area contributed by atoms with Crippen LogP contribution in [0.15, 0.2) is 76.6 Å². The Labute approximate surface area is 225 Å². The van der Waals surface area contributed by atoms with Gasteiger partial charge in [-0.15, -0.1) is 0 Å². The minimum absolute atomic E-state index is 0.0512. The zero-order valence-electron chi connectivity index (χ0n) is 21.8. The number of fused-ring (bicyclic) bond motifs is 1. The summed E-state index contributed by atoms with van der Waals surface area (Å²) < 4.78 is 13.0. The lowest BCUT2D eigenvalue weighted by Crippen LogP contribution is -2.25. The summed E-state index contributed by atoms with van der Waals surface area (Å²) >= 11 is 0. The SMILES string of the molecule is CCOc1cc(C=Nn2c(C3CCCCC3)nc3ccccc3c2=O)cc([N+](=O)[O-])c1OCc1ccccc1. The van der Waals surface area contributed by atoms with Gasteiger partial charge in [0, 0.05) is 17.5 Å². The number of nitrogens with zero attached hydrogens (tertiary/aromatic N) is 4. The van der Waals surface area contributed by atoms with E-state index in [0.29, 0.717) is 28.9 Å². The summed E-state index contributed by atoms with van der Waals surface area (Å²) in [5.74, 6) is 1.03. The van der Waals surface area contributed by atoms with E-state index in [2.05, 4.69) is 5.10 Å². The summed E-state index contributed by atoms with van der Waals surface area (Å²) in [6.45, 7) is 2.24. The van der Waals surface area contributed by atoms with Crippen LogP contribution in [0.1, 0.15) is 61.9 Å². The molecular formula is C30H30N4O5. The predicted octanol–water partition coefficient (Wildman–Crippen LogP) is 6.21. The monoisotopic (exact) mass is 526 g/mol. The Morgan fingerprint density at radius 2 is 1.79 bits per heavy atom. The van der Waals surface area contributed by atoms with Crippen molar-refractivity contribution in [2.45, 2.75) is 51.6 Å². The average Bonchev–Trinajstić information content (AvgIpc) is 2.97. The van der Waals surface area contributed by atoms with Crippen molar-refractivity contribution in [3.05, 3.63) is 104 Å². The van der Waals surface area contributed by atoms with E-state index in [4.69, 9.17) is 14.5 Å². The van der Waals surface area contributed by atoms with Gasteiger partial charge < -0.3 is 9.47 Å². The van der Waals surface area contributed by atoms with Crippen LogP contribution in [0.25, 0.3) is 10.9 Å². The first kappa shape index (κ1) is 26.1. The maximum atomic E-state index is 13.5. The quantitative estimate of drug-likeness (QED) is 0.146. The van der Waals surface area contributed by atoms with Crippen LogP contribution in [0.3, 0.4) is 0 Å². The molecule has 1 heterocycles. The Morgan fingerprint density at radius 1 is 1.05 bits per heavy atom. The topological polar surface area (TPSA) is 109 Å². The van der Waals surface area contributed by atoms with Gasteiger partial charge >= 0.3 is 5.69 Å². The molecule has 9 nitrogen and oxygen atoms in total. The number of nitro groups is 1. The van der Waals surface area contributed by atoms with E-state index in [0.717, 1.165) is 31.2 Å². The number of benzene rings is 3. The fourth-order valence-electron chi connectivity index (χ4n) is 4.96. The first-order valence-corrected chi connectivity index (χ1v) is 13.2. The first-order chi connectivity index (χ1) is 19.0. The van der Waals surface area contributed by atoms with Crippen LogP contribution in [0.2, 0.25) is 0 Å². The van der Waals surface area contributed by atoms with Crippen molar-refractivity contribution in [1.29, 1.82) is 0 Å². The molecule has 200 valence electrons. The van der Waals surface area contributed by atoms with Crippen molar-refractivity contribution in [2.75, 3.05) is 6.61 Å². The molecule has 39 heavy (non-hydrogen) atoms. The Hall–Kier alpha value is -4.53. The highest BCUT2D eigenvalue weighted by Crippen LogP contribution is 2.39. The van der Waals surface area contributed by atoms with E-state index in [1.807, 2.05) is 42.5 Å². The Bertz CT molecular complexity index is 1560. The number of hydrogen-bond donors (Lipinski definition) is 0. The zero-order chi connectivity index (χ0) is 27.2. The number of ether oxygens (including phenoxy) is 2. The van der Waals surface area contributed by atoms with Gasteiger partial charge in [-0.2, -0.15) is 9.78 Å². The molecule has 1 aromatic heterocycles. The maximum Gasteiger partial charge on any atom is 0.315 e. The second-order valence-electron chi connectivity index (χ2n) is 9.52. The van der Waals surface area contributed by atoms with Crippen LogP contribution < -0.4 is 15.0 Å². The Morgan fingerprint density at radius 3 is 2.54 bits per heavy atom. The number of rotatable bonds is 9. The third-order valence-corrected chi connectivity index (χ3v) is 6.85. The zero-order valence-corrected chi connectivity index (χ0v) is 21.8. The van der Waals surface area contributed by atoms with E-state index in [9.17, 15) is 14.9 Å². The number of hydrogen-bond acceptors (Lipinski definition) is 7. The summed E-state index contributed by atoms with van der Waals surface area (Å²) in [7, 11) is 0. The van der Waals surface area contributed by atoms with Gasteiger partial charge in [-0.1, -0.05) is 61.7 Å². The van der Waals surface area contributed by atoms with Crippen molar-refractivity contribution >= 4 is 22.8 Å². The second kappa shape index (κ2) is 11.9. The first-order valence-electron chi connectivity index (χ1n) is 13.2. The Balaban J connectivity index is 1.55. The normalized spacial score (nSPS) is 14.1. The van der Waals surface area contributed by atoms with Crippen LogP contribution in [0, 0.1) is 10.1 Å². The third kappa shape index (κ3) is 5.82. The van der Waals surface area contributed by atoms with Gasteiger partial charge in [-0.25, -0.2) is 4.98 Å². The molecule has 0 spiro atoms. The summed E-state index contributed by atoms with van der Waals surface area (Å²) in [6.07, 6.45) is 6.64. The summed E-state index contributed by atoms with van der Waals surface area (Å²) in [6, 6.07) is 19.7. The lowest BCUT2D eigenvalue weighted by molar-refractivity contribution is -0.386. The Kier molecular flexibility index (Phi) is 7.96. The largest absolute Gasteiger partial charge is 0.490 e. The van der Waals surface area contributed by atoms with Crippen LogP contribution in [-0.4, -0.2) is 27.4 Å². The van der Waals surface area contributed by atoms with Crippen molar-refractivity contribution < 1.29 is 14.4 Å². The lowest BCUT2D eigenvalue weighted by atomic mass is 9.88. The van der Waals surface area contributed by atoms with E-state index in [1.165, 1.54) is 23.4 Å². The fraction of sp³-hybridized carbons (Fsp3) is 0.300. The molecule has 0 aliphatic heterocycles. The average molecular weight is 527 g/mol. The van der Waals surface area contributed by atoms with E-state index >= 15 is 0 Å². The van der Waals surface area contributed by atoms with E-state index in [1.54, 1.807) is 25.1 Å². The molecular weight excluding hydrogens is 496 g/mol. The van der Waals surface area contributed by atoms with E-state index in [-0.39, 0.29) is 35.3 Å². The summed E-state index contributed by atoms with van der Waals surface area (Å²) in [5, 5.41) is 17.0. The molecule has 1 aliphatic carbocycles. The fourth-order valence-corrected chi connectivity index (χ4v) is 4.96. The van der Waals surface area contributed by atoms with Crippen LogP contribution >= 0.6 is 0 Å². The predicted molar refractivity (Wildman–Crippen MR) is 150 cm³/mol. The van der Waals surface area contributed by atoms with Crippen molar-refractivity contribution in [3.63, 3.8) is 0 Å².